The van der Waals surface area contributed by atoms with Crippen LogP contribution in [0.1, 0.15) is 22.6 Å². The van der Waals surface area contributed by atoms with Crippen LogP contribution in [0.25, 0.3) is 0 Å². The summed E-state index contributed by atoms with van der Waals surface area (Å²) in [7, 11) is 1.73. The molecule has 0 spiro atoms. The molecule has 1 aromatic heterocycles. The first kappa shape index (κ1) is 14.2. The molecule has 0 bridgehead atoms. The number of halogens is 1. The van der Waals surface area contributed by atoms with Gasteiger partial charge < -0.3 is 9.42 Å². The van der Waals surface area contributed by atoms with Crippen LogP contribution in [0.3, 0.4) is 0 Å². The van der Waals surface area contributed by atoms with Crippen molar-refractivity contribution in [2.75, 3.05) is 7.05 Å². The fraction of sp³-hybridized carbons (Fsp3) is 0.333. The molecule has 0 fully saturated rings. The minimum Gasteiger partial charge on any atom is -0.361 e. The summed E-state index contributed by atoms with van der Waals surface area (Å²) in [6.45, 7) is 4.14. The maximum absolute atomic E-state index is 12.8. The van der Waals surface area contributed by atoms with Crippen LogP contribution in [-0.2, 0) is 17.8 Å². The predicted molar refractivity (Wildman–Crippen MR) is 72.6 cm³/mol. The van der Waals surface area contributed by atoms with Gasteiger partial charge in [0.2, 0.25) is 5.91 Å². The van der Waals surface area contributed by atoms with E-state index in [0.717, 1.165) is 22.6 Å². The fourth-order valence-electron chi connectivity index (χ4n) is 1.96. The molecule has 0 N–H and O–H groups in total. The second kappa shape index (κ2) is 5.86. The summed E-state index contributed by atoms with van der Waals surface area (Å²) < 4.78 is 17.9. The summed E-state index contributed by atoms with van der Waals surface area (Å²) >= 11 is 0. The lowest BCUT2D eigenvalue weighted by molar-refractivity contribution is -0.129. The first-order chi connectivity index (χ1) is 9.47. The van der Waals surface area contributed by atoms with Gasteiger partial charge in [0.15, 0.2) is 0 Å². The van der Waals surface area contributed by atoms with E-state index >= 15 is 0 Å². The van der Waals surface area contributed by atoms with Crippen LogP contribution < -0.4 is 0 Å². The van der Waals surface area contributed by atoms with Crippen LogP contribution in [0, 0.1) is 19.7 Å². The van der Waals surface area contributed by atoms with Gasteiger partial charge in [0.1, 0.15) is 11.6 Å². The van der Waals surface area contributed by atoms with Crippen LogP contribution in [0.5, 0.6) is 0 Å². The minimum atomic E-state index is -0.301. The molecule has 20 heavy (non-hydrogen) atoms. The summed E-state index contributed by atoms with van der Waals surface area (Å²) in [5.41, 5.74) is 2.52. The zero-order valence-electron chi connectivity index (χ0n) is 11.8. The van der Waals surface area contributed by atoms with Crippen molar-refractivity contribution >= 4 is 5.91 Å². The van der Waals surface area contributed by atoms with Gasteiger partial charge in [-0.1, -0.05) is 17.3 Å². The smallest absolute Gasteiger partial charge is 0.227 e. The van der Waals surface area contributed by atoms with Crippen LogP contribution in [-0.4, -0.2) is 23.0 Å². The molecule has 0 unspecified atom stereocenters. The Balaban J connectivity index is 2.00. The van der Waals surface area contributed by atoms with E-state index in [-0.39, 0.29) is 18.1 Å². The van der Waals surface area contributed by atoms with Gasteiger partial charge in [-0.15, -0.1) is 0 Å². The second-order valence-corrected chi connectivity index (χ2v) is 4.86. The maximum Gasteiger partial charge on any atom is 0.227 e. The van der Waals surface area contributed by atoms with Crippen molar-refractivity contribution in [2.24, 2.45) is 0 Å². The number of hydrogen-bond acceptors (Lipinski definition) is 3. The molecule has 5 heteroatoms. The summed E-state index contributed by atoms with van der Waals surface area (Å²) in [6, 6.07) is 5.96. The Labute approximate surface area is 117 Å². The number of amides is 1. The first-order valence-electron chi connectivity index (χ1n) is 6.37. The van der Waals surface area contributed by atoms with Gasteiger partial charge in [0, 0.05) is 12.6 Å². The quantitative estimate of drug-likeness (QED) is 0.862. The topological polar surface area (TPSA) is 46.3 Å². The van der Waals surface area contributed by atoms with Crippen LogP contribution in [0.4, 0.5) is 4.39 Å². The van der Waals surface area contributed by atoms with Gasteiger partial charge in [-0.05, 0) is 31.5 Å². The average molecular weight is 276 g/mol. The van der Waals surface area contributed by atoms with Gasteiger partial charge in [-0.3, -0.25) is 4.79 Å². The van der Waals surface area contributed by atoms with Crippen molar-refractivity contribution in [3.63, 3.8) is 0 Å². The Hall–Kier alpha value is -2.17. The number of likely N-dealkylation sites (N-methyl/N-ethyl adjacent to an activating group) is 1. The number of carbonyl (C=O) groups excluding carboxylic acids is 1. The molecule has 0 aliphatic carbocycles. The van der Waals surface area contributed by atoms with E-state index in [1.165, 1.54) is 12.1 Å². The Kier molecular flexibility index (Phi) is 4.17. The molecular weight excluding hydrogens is 259 g/mol. The third kappa shape index (κ3) is 3.23. The summed E-state index contributed by atoms with van der Waals surface area (Å²) in [5, 5.41) is 3.87. The molecule has 0 atom stereocenters. The van der Waals surface area contributed by atoms with Gasteiger partial charge >= 0.3 is 0 Å². The number of aryl methyl sites for hydroxylation is 2. The highest BCUT2D eigenvalue weighted by Crippen LogP contribution is 2.15. The Morgan fingerprint density at radius 2 is 1.95 bits per heavy atom. The first-order valence-corrected chi connectivity index (χ1v) is 6.37. The molecule has 1 amide bonds. The normalized spacial score (nSPS) is 10.6. The number of hydrogen-bond donors (Lipinski definition) is 0. The van der Waals surface area contributed by atoms with E-state index in [1.54, 1.807) is 24.1 Å². The molecule has 2 aromatic rings. The average Bonchev–Trinajstić information content (AvgIpc) is 2.73. The van der Waals surface area contributed by atoms with E-state index < -0.39 is 0 Å². The summed E-state index contributed by atoms with van der Waals surface area (Å²) in [6.07, 6.45) is 0.250. The zero-order valence-corrected chi connectivity index (χ0v) is 11.8. The lowest BCUT2D eigenvalue weighted by Gasteiger charge is -2.17. The Bertz CT molecular complexity index is 585. The SMILES string of the molecule is Cc1noc(C)c1CN(C)C(=O)Cc1ccc(F)cc1. The molecule has 0 saturated carbocycles. The van der Waals surface area contributed by atoms with E-state index in [2.05, 4.69) is 5.16 Å². The standard InChI is InChI=1S/C15H17FN2O2/c1-10-14(11(2)20-17-10)9-18(3)15(19)8-12-4-6-13(16)7-5-12/h4-7H,8-9H2,1-3H3. The molecule has 0 aliphatic rings. The van der Waals surface area contributed by atoms with Gasteiger partial charge in [-0.2, -0.15) is 0 Å². The predicted octanol–water partition coefficient (Wildman–Crippen LogP) is 2.63. The number of aromatic nitrogens is 1. The molecule has 0 radical (unpaired) electrons. The molecule has 106 valence electrons. The van der Waals surface area contributed by atoms with Crippen LogP contribution in [0.15, 0.2) is 28.8 Å². The highest BCUT2D eigenvalue weighted by molar-refractivity contribution is 5.78. The third-order valence-electron chi connectivity index (χ3n) is 3.27. The highest BCUT2D eigenvalue weighted by Gasteiger charge is 2.15. The molecule has 0 aliphatic heterocycles. The van der Waals surface area contributed by atoms with Crippen molar-refractivity contribution in [1.82, 2.24) is 10.1 Å². The third-order valence-corrected chi connectivity index (χ3v) is 3.27. The Morgan fingerprint density at radius 1 is 1.30 bits per heavy atom. The minimum absolute atomic E-state index is 0.0309. The molecule has 4 nitrogen and oxygen atoms in total. The van der Waals surface area contributed by atoms with Gasteiger partial charge in [-0.25, -0.2) is 4.39 Å². The van der Waals surface area contributed by atoms with Gasteiger partial charge in [0.05, 0.1) is 18.7 Å². The number of rotatable bonds is 4. The number of benzene rings is 1. The van der Waals surface area contributed by atoms with Crippen molar-refractivity contribution in [1.29, 1.82) is 0 Å². The zero-order chi connectivity index (χ0) is 14.7. The van der Waals surface area contributed by atoms with Crippen LogP contribution in [0.2, 0.25) is 0 Å². The van der Waals surface area contributed by atoms with Crippen molar-refractivity contribution in [2.45, 2.75) is 26.8 Å². The number of carbonyl (C=O) groups is 1. The van der Waals surface area contributed by atoms with E-state index in [1.807, 2.05) is 13.8 Å². The van der Waals surface area contributed by atoms with Crippen LogP contribution >= 0.6 is 0 Å². The molecular formula is C15H17FN2O2. The largest absolute Gasteiger partial charge is 0.361 e. The number of nitrogens with zero attached hydrogens (tertiary/aromatic N) is 2. The van der Waals surface area contributed by atoms with Crippen molar-refractivity contribution in [3.8, 4) is 0 Å². The highest BCUT2D eigenvalue weighted by atomic mass is 19.1. The van der Waals surface area contributed by atoms with E-state index in [9.17, 15) is 9.18 Å². The molecule has 1 aromatic carbocycles. The van der Waals surface area contributed by atoms with Gasteiger partial charge in [0.25, 0.3) is 0 Å². The van der Waals surface area contributed by atoms with Crippen molar-refractivity contribution < 1.29 is 13.7 Å². The van der Waals surface area contributed by atoms with Crippen molar-refractivity contribution in [3.05, 3.63) is 52.7 Å². The monoisotopic (exact) mass is 276 g/mol. The molecule has 0 saturated heterocycles. The Morgan fingerprint density at radius 3 is 2.50 bits per heavy atom. The second-order valence-electron chi connectivity index (χ2n) is 4.86. The maximum atomic E-state index is 12.8. The van der Waals surface area contributed by atoms with E-state index in [0.29, 0.717) is 6.54 Å². The molecule has 2 rings (SSSR count). The lowest BCUT2D eigenvalue weighted by atomic mass is 10.1. The fourth-order valence-corrected chi connectivity index (χ4v) is 1.96. The lowest BCUT2D eigenvalue weighted by Crippen LogP contribution is -2.28. The molecule has 1 heterocycles. The summed E-state index contributed by atoms with van der Waals surface area (Å²) in [5.74, 6) is 0.394. The summed E-state index contributed by atoms with van der Waals surface area (Å²) in [4.78, 5) is 13.7. The van der Waals surface area contributed by atoms with E-state index in [4.69, 9.17) is 4.52 Å².